The number of amides is 1. The molecule has 1 heterocycles. The molecule has 1 fully saturated rings. The monoisotopic (exact) mass is 262 g/mol. The van der Waals surface area contributed by atoms with E-state index in [1.807, 2.05) is 13.0 Å². The quantitative estimate of drug-likeness (QED) is 0.875. The molecule has 0 radical (unpaired) electrons. The summed E-state index contributed by atoms with van der Waals surface area (Å²) >= 11 is 0. The molecule has 1 saturated carbocycles. The zero-order valence-corrected chi connectivity index (χ0v) is 10.9. The van der Waals surface area contributed by atoms with Gasteiger partial charge in [0.15, 0.2) is 0 Å². The second-order valence-corrected chi connectivity index (χ2v) is 5.01. The SMILES string of the molecule is Cc1ccc(NC(=O)C2CCCCC2C(=O)O)cn1. The summed E-state index contributed by atoms with van der Waals surface area (Å²) in [6.07, 6.45) is 4.61. The summed E-state index contributed by atoms with van der Waals surface area (Å²) < 4.78 is 0. The number of carboxylic acid groups (broad SMARTS) is 1. The highest BCUT2D eigenvalue weighted by atomic mass is 16.4. The van der Waals surface area contributed by atoms with Gasteiger partial charge in [-0.15, -0.1) is 0 Å². The minimum Gasteiger partial charge on any atom is -0.481 e. The second-order valence-electron chi connectivity index (χ2n) is 5.01. The third kappa shape index (κ3) is 3.30. The van der Waals surface area contributed by atoms with Crippen LogP contribution in [-0.4, -0.2) is 22.0 Å². The van der Waals surface area contributed by atoms with Gasteiger partial charge in [0.25, 0.3) is 0 Å². The number of aliphatic carboxylic acids is 1. The second kappa shape index (κ2) is 5.82. The molecule has 0 spiro atoms. The summed E-state index contributed by atoms with van der Waals surface area (Å²) in [6.45, 7) is 1.87. The van der Waals surface area contributed by atoms with Gasteiger partial charge < -0.3 is 10.4 Å². The zero-order valence-electron chi connectivity index (χ0n) is 10.9. The molecule has 0 bridgehead atoms. The molecule has 1 aromatic rings. The van der Waals surface area contributed by atoms with Crippen LogP contribution in [0.2, 0.25) is 0 Å². The Balaban J connectivity index is 2.05. The number of nitrogens with one attached hydrogen (secondary N) is 1. The van der Waals surface area contributed by atoms with Crippen molar-refractivity contribution < 1.29 is 14.7 Å². The molecule has 2 atom stereocenters. The standard InChI is InChI=1S/C14H18N2O3/c1-9-6-7-10(8-15-9)16-13(17)11-4-2-3-5-12(11)14(18)19/h6-8,11-12H,2-5H2,1H3,(H,16,17)(H,18,19). The van der Waals surface area contributed by atoms with Crippen LogP contribution in [0.15, 0.2) is 18.3 Å². The Morgan fingerprint density at radius 3 is 2.53 bits per heavy atom. The van der Waals surface area contributed by atoms with Crippen molar-refractivity contribution in [2.75, 3.05) is 5.32 Å². The van der Waals surface area contributed by atoms with E-state index in [1.54, 1.807) is 12.3 Å². The maximum atomic E-state index is 12.2. The summed E-state index contributed by atoms with van der Waals surface area (Å²) in [5, 5.41) is 11.9. The van der Waals surface area contributed by atoms with E-state index < -0.39 is 17.8 Å². The van der Waals surface area contributed by atoms with E-state index >= 15 is 0 Å². The van der Waals surface area contributed by atoms with E-state index in [1.165, 1.54) is 0 Å². The number of aryl methyl sites for hydroxylation is 1. The van der Waals surface area contributed by atoms with E-state index in [-0.39, 0.29) is 5.91 Å². The largest absolute Gasteiger partial charge is 0.481 e. The molecule has 0 aliphatic heterocycles. The van der Waals surface area contributed by atoms with E-state index in [4.69, 9.17) is 5.11 Å². The van der Waals surface area contributed by atoms with E-state index in [0.717, 1.165) is 18.5 Å². The molecule has 102 valence electrons. The molecular weight excluding hydrogens is 244 g/mol. The first-order valence-corrected chi connectivity index (χ1v) is 6.54. The van der Waals surface area contributed by atoms with Crippen LogP contribution in [0, 0.1) is 18.8 Å². The van der Waals surface area contributed by atoms with Gasteiger partial charge in [-0.3, -0.25) is 14.6 Å². The Bertz CT molecular complexity index is 470. The van der Waals surface area contributed by atoms with Crippen molar-refractivity contribution >= 4 is 17.6 Å². The number of pyridine rings is 1. The normalized spacial score (nSPS) is 22.8. The Labute approximate surface area is 112 Å². The number of hydrogen-bond acceptors (Lipinski definition) is 3. The Morgan fingerprint density at radius 1 is 1.26 bits per heavy atom. The number of carboxylic acids is 1. The number of anilines is 1. The number of rotatable bonds is 3. The minimum absolute atomic E-state index is 0.210. The van der Waals surface area contributed by atoms with Gasteiger partial charge in [-0.1, -0.05) is 12.8 Å². The van der Waals surface area contributed by atoms with Crippen LogP contribution in [-0.2, 0) is 9.59 Å². The molecule has 0 saturated heterocycles. The maximum absolute atomic E-state index is 12.2. The lowest BCUT2D eigenvalue weighted by molar-refractivity contribution is -0.147. The molecule has 2 unspecified atom stereocenters. The lowest BCUT2D eigenvalue weighted by atomic mass is 9.78. The van der Waals surface area contributed by atoms with Gasteiger partial charge in [-0.2, -0.15) is 0 Å². The van der Waals surface area contributed by atoms with Crippen molar-refractivity contribution in [1.82, 2.24) is 4.98 Å². The van der Waals surface area contributed by atoms with Gasteiger partial charge in [0.2, 0.25) is 5.91 Å². The number of carbonyl (C=O) groups excluding carboxylic acids is 1. The Kier molecular flexibility index (Phi) is 4.14. The van der Waals surface area contributed by atoms with E-state index in [2.05, 4.69) is 10.3 Å². The number of nitrogens with zero attached hydrogens (tertiary/aromatic N) is 1. The van der Waals surface area contributed by atoms with Gasteiger partial charge in [0.1, 0.15) is 0 Å². The highest BCUT2D eigenvalue weighted by Gasteiger charge is 2.35. The fourth-order valence-electron chi connectivity index (χ4n) is 2.52. The molecule has 1 aliphatic carbocycles. The molecule has 1 aromatic heterocycles. The van der Waals surface area contributed by atoms with Crippen molar-refractivity contribution in [3.05, 3.63) is 24.0 Å². The summed E-state index contributed by atoms with van der Waals surface area (Å²) in [5.74, 6) is -2.08. The lowest BCUT2D eigenvalue weighted by Gasteiger charge is -2.27. The minimum atomic E-state index is -0.873. The summed E-state index contributed by atoms with van der Waals surface area (Å²) in [7, 11) is 0. The smallest absolute Gasteiger partial charge is 0.307 e. The first kappa shape index (κ1) is 13.5. The van der Waals surface area contributed by atoms with Crippen LogP contribution >= 0.6 is 0 Å². The maximum Gasteiger partial charge on any atom is 0.307 e. The average molecular weight is 262 g/mol. The topological polar surface area (TPSA) is 79.3 Å². The predicted molar refractivity (Wildman–Crippen MR) is 70.7 cm³/mol. The molecule has 1 amide bonds. The number of aromatic nitrogens is 1. The molecule has 0 aromatic carbocycles. The van der Waals surface area contributed by atoms with Crippen molar-refractivity contribution in [3.8, 4) is 0 Å². The highest BCUT2D eigenvalue weighted by molar-refractivity contribution is 5.95. The van der Waals surface area contributed by atoms with Gasteiger partial charge >= 0.3 is 5.97 Å². The predicted octanol–water partition coefficient (Wildman–Crippen LogP) is 2.22. The van der Waals surface area contributed by atoms with Gasteiger partial charge in [0.05, 0.1) is 23.7 Å². The molecule has 2 rings (SSSR count). The molecule has 2 N–H and O–H groups in total. The first-order valence-electron chi connectivity index (χ1n) is 6.54. The first-order chi connectivity index (χ1) is 9.08. The van der Waals surface area contributed by atoms with Crippen molar-refractivity contribution in [2.45, 2.75) is 32.6 Å². The molecular formula is C14H18N2O3. The number of carbonyl (C=O) groups is 2. The van der Waals surface area contributed by atoms with Crippen LogP contribution in [0.25, 0.3) is 0 Å². The van der Waals surface area contributed by atoms with Crippen molar-refractivity contribution in [3.63, 3.8) is 0 Å². The van der Waals surface area contributed by atoms with Crippen LogP contribution in [0.3, 0.4) is 0 Å². The third-order valence-electron chi connectivity index (χ3n) is 3.60. The highest BCUT2D eigenvalue weighted by Crippen LogP contribution is 2.31. The molecule has 19 heavy (non-hydrogen) atoms. The van der Waals surface area contributed by atoms with Crippen molar-refractivity contribution in [1.29, 1.82) is 0 Å². The van der Waals surface area contributed by atoms with Crippen LogP contribution in [0.5, 0.6) is 0 Å². The summed E-state index contributed by atoms with van der Waals surface area (Å²) in [4.78, 5) is 27.4. The van der Waals surface area contributed by atoms with E-state index in [9.17, 15) is 9.59 Å². The van der Waals surface area contributed by atoms with Gasteiger partial charge in [-0.05, 0) is 31.9 Å². The fourth-order valence-corrected chi connectivity index (χ4v) is 2.52. The van der Waals surface area contributed by atoms with Gasteiger partial charge in [-0.25, -0.2) is 0 Å². The van der Waals surface area contributed by atoms with E-state index in [0.29, 0.717) is 18.5 Å². The van der Waals surface area contributed by atoms with Crippen LogP contribution in [0.1, 0.15) is 31.4 Å². The van der Waals surface area contributed by atoms with Crippen molar-refractivity contribution in [2.24, 2.45) is 11.8 Å². The van der Waals surface area contributed by atoms with Gasteiger partial charge in [0, 0.05) is 5.69 Å². The molecule has 5 heteroatoms. The molecule has 5 nitrogen and oxygen atoms in total. The Morgan fingerprint density at radius 2 is 1.95 bits per heavy atom. The number of hydrogen-bond donors (Lipinski definition) is 2. The Hall–Kier alpha value is -1.91. The lowest BCUT2D eigenvalue weighted by Crippen LogP contribution is -2.36. The van der Waals surface area contributed by atoms with Crippen LogP contribution in [0.4, 0.5) is 5.69 Å². The third-order valence-corrected chi connectivity index (χ3v) is 3.60. The fraction of sp³-hybridized carbons (Fsp3) is 0.500. The van der Waals surface area contributed by atoms with Crippen LogP contribution < -0.4 is 5.32 Å². The average Bonchev–Trinajstić information content (AvgIpc) is 2.41. The summed E-state index contributed by atoms with van der Waals surface area (Å²) in [6, 6.07) is 3.59. The zero-order chi connectivity index (χ0) is 13.8. The summed E-state index contributed by atoms with van der Waals surface area (Å²) in [5.41, 5.74) is 1.49. The molecule has 1 aliphatic rings.